The fourth-order valence-corrected chi connectivity index (χ4v) is 1.12. The van der Waals surface area contributed by atoms with Crippen LogP contribution in [0.3, 0.4) is 0 Å². The minimum Gasteiger partial charge on any atom is -0.392 e. The van der Waals surface area contributed by atoms with E-state index in [2.05, 4.69) is 0 Å². The molecular weight excluding hydrogens is 164 g/mol. The first-order chi connectivity index (χ1) is 4.76. The van der Waals surface area contributed by atoms with Crippen LogP contribution in [0.25, 0.3) is 0 Å². The van der Waals surface area contributed by atoms with Crippen molar-refractivity contribution in [3.05, 3.63) is 0 Å². The molecule has 0 amide bonds. The normalized spacial score (nSPS) is 21.0. The Labute approximate surface area is 73.2 Å². The van der Waals surface area contributed by atoms with Gasteiger partial charge in [0.05, 0.1) is 17.6 Å². The molecule has 11 heavy (non-hydrogen) atoms. The Morgan fingerprint density at radius 3 is 1.64 bits per heavy atom. The second kappa shape index (κ2) is 3.74. The average Bonchev–Trinajstić information content (AvgIpc) is 1.82. The highest BCUT2D eigenvalue weighted by atomic mass is 35.5. The summed E-state index contributed by atoms with van der Waals surface area (Å²) in [7, 11) is 0. The molecule has 3 atom stereocenters. The van der Waals surface area contributed by atoms with E-state index in [0.717, 1.165) is 0 Å². The van der Waals surface area contributed by atoms with Crippen molar-refractivity contribution in [3.63, 3.8) is 0 Å². The molecule has 0 fully saturated rings. The van der Waals surface area contributed by atoms with Crippen molar-refractivity contribution in [3.8, 4) is 0 Å². The molecule has 0 heterocycles. The Balaban J connectivity index is 4.13. The molecule has 3 unspecified atom stereocenters. The zero-order valence-electron chi connectivity index (χ0n) is 7.50. The summed E-state index contributed by atoms with van der Waals surface area (Å²) in [6, 6.07) is 0. The molecule has 2 N–H and O–H groups in total. The second-order valence-electron chi connectivity index (χ2n) is 4.00. The Hall–Kier alpha value is 0.210. The summed E-state index contributed by atoms with van der Waals surface area (Å²) >= 11 is 5.75. The highest BCUT2D eigenvalue weighted by Crippen LogP contribution is 2.25. The third-order valence-corrected chi connectivity index (χ3v) is 2.25. The Morgan fingerprint density at radius 1 is 1.18 bits per heavy atom. The van der Waals surface area contributed by atoms with Gasteiger partial charge in [0, 0.05) is 0 Å². The first kappa shape index (κ1) is 11.2. The van der Waals surface area contributed by atoms with E-state index in [1.165, 1.54) is 0 Å². The van der Waals surface area contributed by atoms with Crippen LogP contribution in [0.2, 0.25) is 0 Å². The number of halogens is 1. The van der Waals surface area contributed by atoms with E-state index < -0.39 is 17.6 Å². The fourth-order valence-electron chi connectivity index (χ4n) is 0.741. The monoisotopic (exact) mass is 180 g/mol. The summed E-state index contributed by atoms with van der Waals surface area (Å²) in [5.74, 6) is 0. The summed E-state index contributed by atoms with van der Waals surface area (Å²) in [5.41, 5.74) is -0.274. The van der Waals surface area contributed by atoms with Crippen LogP contribution in [0.15, 0.2) is 0 Å². The summed E-state index contributed by atoms with van der Waals surface area (Å²) in [6.45, 7) is 7.23. The van der Waals surface area contributed by atoms with E-state index >= 15 is 0 Å². The Morgan fingerprint density at radius 2 is 1.55 bits per heavy atom. The lowest BCUT2D eigenvalue weighted by atomic mass is 9.86. The van der Waals surface area contributed by atoms with Gasteiger partial charge >= 0.3 is 0 Å². The summed E-state index contributed by atoms with van der Waals surface area (Å²) < 4.78 is 0. The molecule has 0 radical (unpaired) electrons. The number of aliphatic hydroxyl groups is 2. The standard InChI is InChI=1S/C8H17ClO2/c1-5(10)6(9)7(11)8(2,3)4/h5-7,10-11H,1-4H3. The third-order valence-electron chi connectivity index (χ3n) is 1.65. The van der Waals surface area contributed by atoms with E-state index in [-0.39, 0.29) is 5.41 Å². The lowest BCUT2D eigenvalue weighted by Crippen LogP contribution is -2.40. The van der Waals surface area contributed by atoms with Crippen molar-refractivity contribution in [1.82, 2.24) is 0 Å². The van der Waals surface area contributed by atoms with Crippen LogP contribution in [0.4, 0.5) is 0 Å². The first-order valence-corrected chi connectivity index (χ1v) is 4.20. The lowest BCUT2D eigenvalue weighted by Gasteiger charge is -2.30. The number of alkyl halides is 1. The fraction of sp³-hybridized carbons (Fsp3) is 1.00. The van der Waals surface area contributed by atoms with Crippen LogP contribution in [0.5, 0.6) is 0 Å². The zero-order valence-corrected chi connectivity index (χ0v) is 8.26. The van der Waals surface area contributed by atoms with Gasteiger partial charge in [0.25, 0.3) is 0 Å². The quantitative estimate of drug-likeness (QED) is 0.631. The molecule has 0 bridgehead atoms. The van der Waals surface area contributed by atoms with E-state index in [1.54, 1.807) is 6.92 Å². The van der Waals surface area contributed by atoms with E-state index in [9.17, 15) is 5.11 Å². The van der Waals surface area contributed by atoms with Gasteiger partial charge in [-0.05, 0) is 12.3 Å². The van der Waals surface area contributed by atoms with Gasteiger partial charge in [-0.15, -0.1) is 11.6 Å². The molecule has 0 saturated heterocycles. The van der Waals surface area contributed by atoms with Crippen LogP contribution >= 0.6 is 11.6 Å². The number of hydrogen-bond acceptors (Lipinski definition) is 2. The summed E-state index contributed by atoms with van der Waals surface area (Å²) in [6.07, 6.45) is -1.35. The molecular formula is C8H17ClO2. The number of rotatable bonds is 2. The van der Waals surface area contributed by atoms with Crippen LogP contribution < -0.4 is 0 Å². The molecule has 0 aromatic rings. The third kappa shape index (κ3) is 3.41. The predicted octanol–water partition coefficient (Wildman–Crippen LogP) is 1.38. The highest BCUT2D eigenvalue weighted by molar-refractivity contribution is 6.21. The van der Waals surface area contributed by atoms with Crippen LogP contribution in [-0.4, -0.2) is 27.8 Å². The van der Waals surface area contributed by atoms with Gasteiger partial charge in [0.2, 0.25) is 0 Å². The highest BCUT2D eigenvalue weighted by Gasteiger charge is 2.31. The number of hydrogen-bond donors (Lipinski definition) is 2. The predicted molar refractivity (Wildman–Crippen MR) is 46.8 cm³/mol. The molecule has 0 aliphatic heterocycles. The molecule has 3 heteroatoms. The van der Waals surface area contributed by atoms with Crippen LogP contribution in [-0.2, 0) is 0 Å². The SMILES string of the molecule is CC(O)C(Cl)C(O)C(C)(C)C. The van der Waals surface area contributed by atoms with Crippen molar-refractivity contribution >= 4 is 11.6 Å². The van der Waals surface area contributed by atoms with Crippen molar-refractivity contribution in [2.75, 3.05) is 0 Å². The number of aliphatic hydroxyl groups excluding tert-OH is 2. The molecule has 68 valence electrons. The zero-order chi connectivity index (χ0) is 9.23. The smallest absolute Gasteiger partial charge is 0.0856 e. The summed E-state index contributed by atoms with van der Waals surface area (Å²) in [4.78, 5) is 0. The Kier molecular flexibility index (Phi) is 3.82. The molecule has 0 rings (SSSR count). The van der Waals surface area contributed by atoms with Crippen LogP contribution in [0, 0.1) is 5.41 Å². The minimum atomic E-state index is -0.677. The molecule has 0 saturated carbocycles. The lowest BCUT2D eigenvalue weighted by molar-refractivity contribution is 0.0234. The maximum atomic E-state index is 9.53. The van der Waals surface area contributed by atoms with E-state index in [1.807, 2.05) is 20.8 Å². The minimum absolute atomic E-state index is 0.274. The second-order valence-corrected chi connectivity index (χ2v) is 4.50. The van der Waals surface area contributed by atoms with E-state index in [4.69, 9.17) is 16.7 Å². The van der Waals surface area contributed by atoms with E-state index in [0.29, 0.717) is 0 Å². The molecule has 0 aromatic carbocycles. The molecule has 0 aromatic heterocycles. The molecule has 0 aliphatic rings. The van der Waals surface area contributed by atoms with Crippen molar-refractivity contribution < 1.29 is 10.2 Å². The average molecular weight is 181 g/mol. The van der Waals surface area contributed by atoms with Gasteiger partial charge in [0.15, 0.2) is 0 Å². The molecule has 2 nitrogen and oxygen atoms in total. The maximum absolute atomic E-state index is 9.53. The van der Waals surface area contributed by atoms with Gasteiger partial charge in [-0.3, -0.25) is 0 Å². The topological polar surface area (TPSA) is 40.5 Å². The van der Waals surface area contributed by atoms with Crippen molar-refractivity contribution in [2.45, 2.75) is 45.3 Å². The summed E-state index contributed by atoms with van der Waals surface area (Å²) in [5, 5.41) is 18.0. The van der Waals surface area contributed by atoms with Gasteiger partial charge in [-0.1, -0.05) is 20.8 Å². The van der Waals surface area contributed by atoms with Gasteiger partial charge < -0.3 is 10.2 Å². The first-order valence-electron chi connectivity index (χ1n) is 3.77. The van der Waals surface area contributed by atoms with Gasteiger partial charge in [-0.25, -0.2) is 0 Å². The Bertz CT molecular complexity index is 118. The molecule has 0 aliphatic carbocycles. The largest absolute Gasteiger partial charge is 0.392 e. The van der Waals surface area contributed by atoms with Crippen molar-refractivity contribution in [2.24, 2.45) is 5.41 Å². The van der Waals surface area contributed by atoms with Crippen LogP contribution in [0.1, 0.15) is 27.7 Å². The maximum Gasteiger partial charge on any atom is 0.0856 e. The van der Waals surface area contributed by atoms with Gasteiger partial charge in [0.1, 0.15) is 0 Å². The van der Waals surface area contributed by atoms with Gasteiger partial charge in [-0.2, -0.15) is 0 Å². The van der Waals surface area contributed by atoms with Crippen molar-refractivity contribution in [1.29, 1.82) is 0 Å². The molecule has 0 spiro atoms.